The van der Waals surface area contributed by atoms with E-state index in [1.165, 1.54) is 153 Å². The summed E-state index contributed by atoms with van der Waals surface area (Å²) in [4.78, 5) is 5.87. The smallest absolute Gasteiger partial charge is 0.333 e. The molecule has 0 spiro atoms. The van der Waals surface area contributed by atoms with E-state index in [9.17, 15) is 0 Å². The van der Waals surface area contributed by atoms with Gasteiger partial charge in [-0.2, -0.15) is 0 Å². The van der Waals surface area contributed by atoms with Crippen LogP contribution in [0.5, 0.6) is 0 Å². The van der Waals surface area contributed by atoms with Gasteiger partial charge in [0.2, 0.25) is 0 Å². The van der Waals surface area contributed by atoms with E-state index in [4.69, 9.17) is 0 Å². The summed E-state index contributed by atoms with van der Waals surface area (Å²) in [6.07, 6.45) is 7.24. The highest BCUT2D eigenvalue weighted by atomic mass is 32.1. The zero-order valence-corrected chi connectivity index (χ0v) is 46.8. The average Bonchev–Trinajstić information content (AvgIpc) is 4.02. The lowest BCUT2D eigenvalue weighted by Gasteiger charge is -2.53. The summed E-state index contributed by atoms with van der Waals surface area (Å²) in [5.41, 5.74) is 27.8. The van der Waals surface area contributed by atoms with Crippen LogP contribution in [-0.4, -0.2) is 12.4 Å². The van der Waals surface area contributed by atoms with Gasteiger partial charge in [-0.15, -0.1) is 11.3 Å². The highest BCUT2D eigenvalue weighted by Gasteiger charge is 2.63. The van der Waals surface area contributed by atoms with Crippen molar-refractivity contribution < 1.29 is 0 Å². The molecular formula is C71H69BN2S. The summed E-state index contributed by atoms with van der Waals surface area (Å²) in [6.45, 7) is 27.6. The topological polar surface area (TPSA) is 6.48 Å². The van der Waals surface area contributed by atoms with Gasteiger partial charge in [0.25, 0.3) is 0 Å². The van der Waals surface area contributed by atoms with Crippen molar-refractivity contribution >= 4 is 72.0 Å². The lowest BCUT2D eigenvalue weighted by Crippen LogP contribution is -2.64. The maximum Gasteiger partial charge on any atom is 0.333 e. The zero-order valence-electron chi connectivity index (χ0n) is 46.0. The molecule has 0 radical (unpaired) electrons. The van der Waals surface area contributed by atoms with E-state index in [0.717, 1.165) is 6.42 Å². The molecule has 2 nitrogen and oxygen atoms in total. The van der Waals surface area contributed by atoms with E-state index in [0.29, 0.717) is 0 Å². The number of rotatable bonds is 3. The summed E-state index contributed by atoms with van der Waals surface area (Å²) >= 11 is 2.03. The molecule has 0 amide bonds. The summed E-state index contributed by atoms with van der Waals surface area (Å²) in [5, 5.41) is 2.77. The molecule has 2 atom stereocenters. The molecule has 9 aromatic rings. The van der Waals surface area contributed by atoms with Crippen molar-refractivity contribution in [3.05, 3.63) is 179 Å². The molecule has 4 heteroatoms. The lowest BCUT2D eigenvalue weighted by molar-refractivity contribution is 0.195. The van der Waals surface area contributed by atoms with Crippen molar-refractivity contribution in [1.29, 1.82) is 0 Å². The van der Waals surface area contributed by atoms with Gasteiger partial charge in [-0.05, 0) is 163 Å². The lowest BCUT2D eigenvalue weighted by atomic mass is 9.42. The molecular weight excluding hydrogens is 924 g/mol. The largest absolute Gasteiger partial charge is 0.376 e. The second-order valence-corrected chi connectivity index (χ2v) is 28.0. The number of benzene rings is 8. The number of hydrogen-bond acceptors (Lipinski definition) is 3. The molecule has 8 aromatic carbocycles. The molecule has 0 saturated heterocycles. The van der Waals surface area contributed by atoms with Crippen molar-refractivity contribution in [2.75, 3.05) is 9.71 Å². The number of anilines is 4. The van der Waals surface area contributed by atoms with Crippen LogP contribution in [0.25, 0.3) is 64.7 Å². The first-order valence-corrected chi connectivity index (χ1v) is 29.0. The van der Waals surface area contributed by atoms with Crippen LogP contribution >= 0.6 is 11.3 Å². The van der Waals surface area contributed by atoms with Gasteiger partial charge in [-0.1, -0.05) is 191 Å². The maximum atomic E-state index is 3.00. The Kier molecular flexibility index (Phi) is 9.18. The normalized spacial score (nSPS) is 21.8. The fourth-order valence-electron chi connectivity index (χ4n) is 16.0. The van der Waals surface area contributed by atoms with Crippen LogP contribution in [0.3, 0.4) is 0 Å². The van der Waals surface area contributed by atoms with E-state index >= 15 is 0 Å². The Labute approximate surface area is 450 Å². The first-order chi connectivity index (χ1) is 35.8. The van der Waals surface area contributed by atoms with Crippen LogP contribution in [0.2, 0.25) is 0 Å². The van der Waals surface area contributed by atoms with Gasteiger partial charge in [0.1, 0.15) is 0 Å². The molecule has 15 rings (SSSR count). The summed E-state index contributed by atoms with van der Waals surface area (Å²) in [5.74, 6) is 0. The molecule has 4 heterocycles. The van der Waals surface area contributed by atoms with Gasteiger partial charge in [-0.3, -0.25) is 0 Å². The average molecular weight is 993 g/mol. The molecule has 75 heavy (non-hydrogen) atoms. The molecule has 0 bridgehead atoms. The third kappa shape index (κ3) is 5.93. The Hall–Kier alpha value is -6.36. The van der Waals surface area contributed by atoms with Gasteiger partial charge in [-0.25, -0.2) is 0 Å². The Morgan fingerprint density at radius 1 is 0.493 bits per heavy atom. The minimum absolute atomic E-state index is 0.0378. The molecule has 3 aliphatic heterocycles. The van der Waals surface area contributed by atoms with Gasteiger partial charge in [0.15, 0.2) is 0 Å². The number of fused-ring (bicyclic) bond motifs is 16. The molecule has 372 valence electrons. The second kappa shape index (κ2) is 15.0. The minimum Gasteiger partial charge on any atom is -0.376 e. The van der Waals surface area contributed by atoms with Crippen LogP contribution in [0.15, 0.2) is 146 Å². The highest BCUT2D eigenvalue weighted by molar-refractivity contribution is 7.26. The predicted octanol–water partition coefficient (Wildman–Crippen LogP) is 18.3. The molecule has 2 unspecified atom stereocenters. The fourth-order valence-corrected chi connectivity index (χ4v) is 17.2. The van der Waals surface area contributed by atoms with E-state index in [1.807, 2.05) is 11.3 Å². The third-order valence-corrected chi connectivity index (χ3v) is 21.8. The number of hydrogen-bond donors (Lipinski definition) is 0. The number of nitrogens with zero attached hydrogens (tertiary/aromatic N) is 2. The first-order valence-electron chi connectivity index (χ1n) is 28.2. The SMILES string of the molecule is CC(C)(C)c1cc2c3c(c1)C1(C)CCCCC1(C)N3c1c3c(cc4c1sc1ccccc14)-c1c(ccc4c1-c1cc5c(cc1C4(C)C)C(C)(C)CCC5(C)C)N(c1ccc(-c4ccccc4)cc1-c1ccccc1)B23. The Bertz CT molecular complexity index is 3960. The summed E-state index contributed by atoms with van der Waals surface area (Å²) in [7, 11) is 0. The van der Waals surface area contributed by atoms with Gasteiger partial charge in [0, 0.05) is 54.5 Å². The van der Waals surface area contributed by atoms with E-state index in [1.54, 1.807) is 11.1 Å². The standard InChI is InChI=1S/C71H69BN2S/c1-66(2,3)45-37-55-63-56(38-45)72-62-50(39-48-46-26-18-19-27-59(46)75-65(48)64(62)73(63)71(11)33-21-20-32-70(55,71)10)61-58(74(72)57-30-28-44(42-22-14-12-15-23-42)36-47(57)43-24-16-13-17-25-43)31-29-51-60(61)49-40-53-54(41-52(49)69(51,8)9)68(6,7)35-34-67(53,4)5/h12-19,22-31,36-41H,20-21,32-35H2,1-11H3. The Morgan fingerprint density at radius 3 is 1.89 bits per heavy atom. The van der Waals surface area contributed by atoms with Crippen molar-refractivity contribution in [2.24, 2.45) is 0 Å². The van der Waals surface area contributed by atoms with E-state index < -0.39 is 0 Å². The van der Waals surface area contributed by atoms with Crippen molar-refractivity contribution in [3.8, 4) is 44.5 Å². The van der Waals surface area contributed by atoms with Gasteiger partial charge in [0.05, 0.1) is 15.9 Å². The third-order valence-electron chi connectivity index (χ3n) is 20.6. The van der Waals surface area contributed by atoms with Crippen LogP contribution in [0.4, 0.5) is 22.7 Å². The van der Waals surface area contributed by atoms with E-state index in [-0.39, 0.29) is 39.5 Å². The van der Waals surface area contributed by atoms with Gasteiger partial charge >= 0.3 is 6.85 Å². The van der Waals surface area contributed by atoms with Crippen molar-refractivity contribution in [3.63, 3.8) is 0 Å². The summed E-state index contributed by atoms with van der Waals surface area (Å²) < 4.78 is 2.80. The molecule has 3 aliphatic carbocycles. The Morgan fingerprint density at radius 2 is 1.16 bits per heavy atom. The predicted molar refractivity (Wildman–Crippen MR) is 324 cm³/mol. The monoisotopic (exact) mass is 993 g/mol. The van der Waals surface area contributed by atoms with Crippen LogP contribution < -0.4 is 20.6 Å². The maximum absolute atomic E-state index is 3.00. The van der Waals surface area contributed by atoms with Gasteiger partial charge < -0.3 is 9.71 Å². The Balaban J connectivity index is 1.15. The second-order valence-electron chi connectivity index (χ2n) is 27.0. The minimum atomic E-state index is -0.199. The van der Waals surface area contributed by atoms with Crippen LogP contribution in [0, 0.1) is 0 Å². The molecule has 1 saturated carbocycles. The quantitative estimate of drug-likeness (QED) is 0.163. The van der Waals surface area contributed by atoms with Crippen molar-refractivity contribution in [2.45, 2.75) is 147 Å². The number of thiophene rings is 1. The first kappa shape index (κ1) is 46.0. The van der Waals surface area contributed by atoms with E-state index in [2.05, 4.69) is 231 Å². The molecule has 1 aromatic heterocycles. The molecule has 0 N–H and O–H groups in total. The van der Waals surface area contributed by atoms with Crippen LogP contribution in [-0.2, 0) is 27.1 Å². The molecule has 6 aliphatic rings. The fraction of sp³-hybridized carbons (Fsp3) is 0.324. The highest BCUT2D eigenvalue weighted by Crippen LogP contribution is 2.66. The molecule has 1 fully saturated rings. The summed E-state index contributed by atoms with van der Waals surface area (Å²) in [6, 6.07) is 57.5. The van der Waals surface area contributed by atoms with Crippen molar-refractivity contribution in [1.82, 2.24) is 0 Å². The van der Waals surface area contributed by atoms with Crippen LogP contribution in [0.1, 0.15) is 148 Å². The zero-order chi connectivity index (χ0) is 51.5.